The number of nitrogens with one attached hydrogen (secondary N) is 2. The zero-order chi connectivity index (χ0) is 19.4. The molecule has 3 rings (SSSR count). The van der Waals surface area contributed by atoms with Crippen molar-refractivity contribution in [2.24, 2.45) is 0 Å². The summed E-state index contributed by atoms with van der Waals surface area (Å²) in [6, 6.07) is 10.4. The Hall–Kier alpha value is -3.19. The Labute approximate surface area is 156 Å². The molecule has 7 heteroatoms. The van der Waals surface area contributed by atoms with Crippen LogP contribution in [0.25, 0.3) is 22.2 Å². The van der Waals surface area contributed by atoms with Gasteiger partial charge in [0.2, 0.25) is 0 Å². The molecule has 0 bridgehead atoms. The van der Waals surface area contributed by atoms with Crippen LogP contribution >= 0.6 is 0 Å². The van der Waals surface area contributed by atoms with E-state index in [-0.39, 0.29) is 17.2 Å². The minimum absolute atomic E-state index is 0.0125. The number of phenolic OH excluding ortho intramolecular Hbond substituents is 1. The zero-order valence-corrected chi connectivity index (χ0v) is 15.3. The smallest absolute Gasteiger partial charge is 0.266 e. The highest BCUT2D eigenvalue weighted by molar-refractivity contribution is 5.95. The van der Waals surface area contributed by atoms with Crippen molar-refractivity contribution in [2.75, 3.05) is 27.2 Å². The van der Waals surface area contributed by atoms with Crippen LogP contribution < -0.4 is 10.9 Å². The van der Waals surface area contributed by atoms with Crippen molar-refractivity contribution >= 4 is 16.9 Å². The van der Waals surface area contributed by atoms with Gasteiger partial charge < -0.3 is 20.3 Å². The van der Waals surface area contributed by atoms with Gasteiger partial charge in [-0.2, -0.15) is 0 Å². The number of hydrogen-bond acceptors (Lipinski definition) is 5. The molecule has 0 aliphatic heterocycles. The summed E-state index contributed by atoms with van der Waals surface area (Å²) in [5.41, 5.74) is 2.58. The summed E-state index contributed by atoms with van der Waals surface area (Å²) in [6.07, 6.45) is 2.02. The van der Waals surface area contributed by atoms with Crippen LogP contribution in [-0.2, 0) is 0 Å². The van der Waals surface area contributed by atoms with Crippen molar-refractivity contribution in [1.82, 2.24) is 20.2 Å². The third-order valence-corrected chi connectivity index (χ3v) is 4.21. The maximum atomic E-state index is 12.2. The standard InChI is InChI=1S/C20H22N4O3/c1-24(2)9-3-8-21-20(27)14-6-4-13(5-7-14)15-10-16-19(17(25)11-15)22-12-18(26)23-16/h4-7,10-12,25H,3,8-9H2,1-2H3,(H,21,27)(H,23,26). The molecule has 0 fully saturated rings. The average Bonchev–Trinajstić information content (AvgIpc) is 2.64. The number of rotatable bonds is 6. The lowest BCUT2D eigenvalue weighted by Gasteiger charge is -2.10. The number of benzene rings is 2. The molecule has 0 saturated carbocycles. The van der Waals surface area contributed by atoms with Gasteiger partial charge in [0.15, 0.2) is 0 Å². The first-order valence-corrected chi connectivity index (χ1v) is 8.69. The van der Waals surface area contributed by atoms with Crippen LogP contribution in [-0.4, -0.2) is 53.1 Å². The molecular weight excluding hydrogens is 344 g/mol. The number of aromatic hydroxyl groups is 1. The maximum Gasteiger partial charge on any atom is 0.266 e. The van der Waals surface area contributed by atoms with E-state index in [2.05, 4.69) is 20.2 Å². The summed E-state index contributed by atoms with van der Waals surface area (Å²) in [6.45, 7) is 1.54. The third-order valence-electron chi connectivity index (χ3n) is 4.21. The van der Waals surface area contributed by atoms with E-state index >= 15 is 0 Å². The van der Waals surface area contributed by atoms with Gasteiger partial charge in [-0.25, -0.2) is 4.98 Å². The van der Waals surface area contributed by atoms with Gasteiger partial charge in [-0.05, 0) is 62.5 Å². The van der Waals surface area contributed by atoms with Crippen molar-refractivity contribution in [1.29, 1.82) is 0 Å². The third kappa shape index (κ3) is 4.51. The minimum Gasteiger partial charge on any atom is -0.506 e. The fourth-order valence-electron chi connectivity index (χ4n) is 2.82. The highest BCUT2D eigenvalue weighted by Crippen LogP contribution is 2.29. The minimum atomic E-state index is -0.333. The Kier molecular flexibility index (Phi) is 5.52. The van der Waals surface area contributed by atoms with Gasteiger partial charge >= 0.3 is 0 Å². The number of phenols is 1. The highest BCUT2D eigenvalue weighted by Gasteiger charge is 2.09. The summed E-state index contributed by atoms with van der Waals surface area (Å²) in [5.74, 6) is -0.128. The Bertz CT molecular complexity index is 1010. The molecule has 2 aromatic carbocycles. The molecule has 1 heterocycles. The molecule has 0 aliphatic carbocycles. The zero-order valence-electron chi connectivity index (χ0n) is 15.3. The van der Waals surface area contributed by atoms with E-state index in [0.29, 0.717) is 23.1 Å². The second-order valence-electron chi connectivity index (χ2n) is 6.63. The van der Waals surface area contributed by atoms with E-state index in [1.54, 1.807) is 24.3 Å². The van der Waals surface area contributed by atoms with Crippen molar-refractivity contribution < 1.29 is 9.90 Å². The van der Waals surface area contributed by atoms with Crippen LogP contribution in [0.1, 0.15) is 16.8 Å². The number of amides is 1. The van der Waals surface area contributed by atoms with Gasteiger partial charge in [0.25, 0.3) is 11.5 Å². The van der Waals surface area contributed by atoms with Crippen LogP contribution in [0, 0.1) is 0 Å². The van der Waals surface area contributed by atoms with Gasteiger partial charge in [0.1, 0.15) is 11.3 Å². The second kappa shape index (κ2) is 8.01. The molecule has 1 aromatic heterocycles. The number of carbonyl (C=O) groups excluding carboxylic acids is 1. The van der Waals surface area contributed by atoms with E-state index in [4.69, 9.17) is 0 Å². The number of nitrogens with zero attached hydrogens (tertiary/aromatic N) is 2. The molecule has 0 saturated heterocycles. The molecule has 27 heavy (non-hydrogen) atoms. The average molecular weight is 366 g/mol. The number of hydrogen-bond donors (Lipinski definition) is 3. The van der Waals surface area contributed by atoms with Crippen LogP contribution in [0.5, 0.6) is 5.75 Å². The summed E-state index contributed by atoms with van der Waals surface area (Å²) in [7, 11) is 3.99. The lowest BCUT2D eigenvalue weighted by Crippen LogP contribution is -2.27. The van der Waals surface area contributed by atoms with Gasteiger partial charge in [0.05, 0.1) is 11.7 Å². The molecule has 0 atom stereocenters. The van der Waals surface area contributed by atoms with E-state index in [0.717, 1.165) is 30.3 Å². The van der Waals surface area contributed by atoms with Crippen molar-refractivity contribution in [3.05, 3.63) is 58.5 Å². The molecule has 3 aromatic rings. The van der Waals surface area contributed by atoms with Crippen LogP contribution in [0.2, 0.25) is 0 Å². The van der Waals surface area contributed by atoms with Crippen LogP contribution in [0.3, 0.4) is 0 Å². The monoisotopic (exact) mass is 366 g/mol. The molecule has 0 aliphatic rings. The van der Waals surface area contributed by atoms with Gasteiger partial charge in [-0.15, -0.1) is 0 Å². The summed E-state index contributed by atoms with van der Waals surface area (Å²) in [5, 5.41) is 13.1. The predicted molar refractivity (Wildman–Crippen MR) is 105 cm³/mol. The first kappa shape index (κ1) is 18.6. The van der Waals surface area contributed by atoms with Gasteiger partial charge in [0, 0.05) is 12.1 Å². The number of aromatic nitrogens is 2. The van der Waals surface area contributed by atoms with Crippen LogP contribution in [0.15, 0.2) is 47.4 Å². The SMILES string of the molecule is CN(C)CCCNC(=O)c1ccc(-c2cc(O)c3ncc(=O)[nH]c3c2)cc1. The lowest BCUT2D eigenvalue weighted by atomic mass is 10.0. The quantitative estimate of drug-likeness (QED) is 0.580. The molecule has 0 unspecified atom stereocenters. The summed E-state index contributed by atoms with van der Waals surface area (Å²) < 4.78 is 0. The van der Waals surface area contributed by atoms with E-state index < -0.39 is 0 Å². The number of fused-ring (bicyclic) bond motifs is 1. The second-order valence-corrected chi connectivity index (χ2v) is 6.63. The summed E-state index contributed by atoms with van der Waals surface area (Å²) >= 11 is 0. The fraction of sp³-hybridized carbons (Fsp3) is 0.250. The Morgan fingerprint density at radius 3 is 2.63 bits per heavy atom. The predicted octanol–water partition coefficient (Wildman–Crippen LogP) is 1.98. The number of aromatic amines is 1. The largest absolute Gasteiger partial charge is 0.506 e. The molecule has 7 nitrogen and oxygen atoms in total. The van der Waals surface area contributed by atoms with E-state index in [1.165, 1.54) is 0 Å². The first-order valence-electron chi connectivity index (χ1n) is 8.69. The van der Waals surface area contributed by atoms with Crippen molar-refractivity contribution in [3.63, 3.8) is 0 Å². The topological polar surface area (TPSA) is 98.3 Å². The van der Waals surface area contributed by atoms with Gasteiger partial charge in [-0.1, -0.05) is 12.1 Å². The Morgan fingerprint density at radius 2 is 1.93 bits per heavy atom. The molecule has 3 N–H and O–H groups in total. The molecule has 1 amide bonds. The fourth-order valence-corrected chi connectivity index (χ4v) is 2.82. The van der Waals surface area contributed by atoms with Crippen molar-refractivity contribution in [2.45, 2.75) is 6.42 Å². The molecular formula is C20H22N4O3. The normalized spacial score (nSPS) is 11.1. The maximum absolute atomic E-state index is 12.2. The van der Waals surface area contributed by atoms with Crippen LogP contribution in [0.4, 0.5) is 0 Å². The molecule has 140 valence electrons. The Balaban J connectivity index is 1.76. The van der Waals surface area contributed by atoms with E-state index in [1.807, 2.05) is 26.2 Å². The number of carbonyl (C=O) groups is 1. The summed E-state index contributed by atoms with van der Waals surface area (Å²) in [4.78, 5) is 32.3. The first-order chi connectivity index (χ1) is 12.9. The molecule has 0 radical (unpaired) electrons. The lowest BCUT2D eigenvalue weighted by molar-refractivity contribution is 0.0952. The Morgan fingerprint density at radius 1 is 1.19 bits per heavy atom. The van der Waals surface area contributed by atoms with E-state index in [9.17, 15) is 14.7 Å². The van der Waals surface area contributed by atoms with Gasteiger partial charge in [-0.3, -0.25) is 9.59 Å². The number of H-pyrrole nitrogens is 1. The molecule has 0 spiro atoms. The van der Waals surface area contributed by atoms with Crippen molar-refractivity contribution in [3.8, 4) is 16.9 Å². The highest BCUT2D eigenvalue weighted by atomic mass is 16.3.